The van der Waals surface area contributed by atoms with Gasteiger partial charge in [-0.1, -0.05) is 29.8 Å². The number of benzene rings is 2. The molecule has 1 N–H and O–H groups in total. The molecule has 4 rings (SSSR count). The Labute approximate surface area is 184 Å². The number of halogens is 3. The Morgan fingerprint density at radius 3 is 2.68 bits per heavy atom. The molecule has 1 unspecified atom stereocenters. The summed E-state index contributed by atoms with van der Waals surface area (Å²) in [5.41, 5.74) is 1.33. The Balaban J connectivity index is 1.59. The van der Waals surface area contributed by atoms with E-state index < -0.39 is 23.6 Å². The van der Waals surface area contributed by atoms with Crippen molar-refractivity contribution >= 4 is 39.1 Å². The number of hydrogen-bond acceptors (Lipinski definition) is 4. The van der Waals surface area contributed by atoms with Gasteiger partial charge in [-0.25, -0.2) is 13.8 Å². The Kier molecular flexibility index (Phi) is 5.84. The second-order valence-electron chi connectivity index (χ2n) is 6.97. The number of fused-ring (bicyclic) bond motifs is 1. The fraction of sp³-hybridized carbons (Fsp3) is 0.136. The molecule has 4 aromatic rings. The van der Waals surface area contributed by atoms with E-state index in [4.69, 9.17) is 11.6 Å². The molecular formula is C22H16ClF2N3O2S. The maximum Gasteiger partial charge on any atom is 0.263 e. The number of amides is 1. The maximum absolute atomic E-state index is 13.9. The summed E-state index contributed by atoms with van der Waals surface area (Å²) < 4.78 is 28.3. The van der Waals surface area contributed by atoms with Gasteiger partial charge in [-0.05, 0) is 30.7 Å². The van der Waals surface area contributed by atoms with Crippen LogP contribution in [0.15, 0.2) is 59.0 Å². The fourth-order valence-electron chi connectivity index (χ4n) is 3.29. The first-order chi connectivity index (χ1) is 14.8. The lowest BCUT2D eigenvalue weighted by atomic mass is 10.1. The molecule has 2 aromatic heterocycles. The highest BCUT2D eigenvalue weighted by Gasteiger charge is 2.17. The third-order valence-electron chi connectivity index (χ3n) is 4.84. The van der Waals surface area contributed by atoms with Crippen LogP contribution in [-0.2, 0) is 11.3 Å². The van der Waals surface area contributed by atoms with Gasteiger partial charge in [0.1, 0.15) is 23.0 Å². The van der Waals surface area contributed by atoms with Crippen molar-refractivity contribution in [3.8, 4) is 11.1 Å². The van der Waals surface area contributed by atoms with E-state index in [1.165, 1.54) is 28.3 Å². The molecule has 0 radical (unpaired) electrons. The average molecular weight is 460 g/mol. The van der Waals surface area contributed by atoms with E-state index in [9.17, 15) is 18.4 Å². The molecule has 2 heterocycles. The van der Waals surface area contributed by atoms with Crippen LogP contribution >= 0.6 is 22.9 Å². The van der Waals surface area contributed by atoms with Crippen LogP contribution in [0.4, 0.5) is 8.78 Å². The van der Waals surface area contributed by atoms with Crippen LogP contribution in [0.2, 0.25) is 5.02 Å². The second-order valence-corrected chi connectivity index (χ2v) is 8.26. The van der Waals surface area contributed by atoms with E-state index in [0.717, 1.165) is 17.7 Å². The largest absolute Gasteiger partial charge is 0.348 e. The van der Waals surface area contributed by atoms with E-state index >= 15 is 0 Å². The van der Waals surface area contributed by atoms with Crippen LogP contribution in [0.3, 0.4) is 0 Å². The minimum absolute atomic E-state index is 0.151. The Morgan fingerprint density at radius 1 is 1.23 bits per heavy atom. The molecule has 5 nitrogen and oxygen atoms in total. The molecular weight excluding hydrogens is 444 g/mol. The smallest absolute Gasteiger partial charge is 0.263 e. The first kappa shape index (κ1) is 21.1. The number of rotatable bonds is 5. The van der Waals surface area contributed by atoms with Gasteiger partial charge in [0.2, 0.25) is 5.91 Å². The summed E-state index contributed by atoms with van der Waals surface area (Å²) in [6.07, 6.45) is 1.32. The number of carbonyl (C=O) groups is 1. The minimum Gasteiger partial charge on any atom is -0.348 e. The molecule has 0 saturated heterocycles. The number of aromatic nitrogens is 2. The zero-order valence-corrected chi connectivity index (χ0v) is 17.8. The van der Waals surface area contributed by atoms with Crippen molar-refractivity contribution in [1.82, 2.24) is 14.9 Å². The van der Waals surface area contributed by atoms with E-state index in [1.807, 2.05) is 17.5 Å². The second kappa shape index (κ2) is 8.56. The molecule has 0 fully saturated rings. The Hall–Kier alpha value is -3.10. The molecule has 0 saturated carbocycles. The van der Waals surface area contributed by atoms with E-state index in [0.29, 0.717) is 20.8 Å². The quantitative estimate of drug-likeness (QED) is 0.460. The number of hydrogen-bond donors (Lipinski definition) is 1. The summed E-state index contributed by atoms with van der Waals surface area (Å²) in [6.45, 7) is 1.29. The molecule has 0 spiro atoms. The zero-order chi connectivity index (χ0) is 22.1. The van der Waals surface area contributed by atoms with Crippen molar-refractivity contribution in [2.45, 2.75) is 19.5 Å². The van der Waals surface area contributed by atoms with Crippen LogP contribution in [0.1, 0.15) is 18.5 Å². The normalized spacial score (nSPS) is 12.1. The monoisotopic (exact) mass is 459 g/mol. The summed E-state index contributed by atoms with van der Waals surface area (Å²) in [6, 6.07) is 9.55. The lowest BCUT2D eigenvalue weighted by Gasteiger charge is -2.15. The van der Waals surface area contributed by atoms with Gasteiger partial charge in [-0.15, -0.1) is 11.3 Å². The molecule has 0 aliphatic rings. The standard InChI is InChI=1S/C22H16ClF2N3O2S/c1-12(16-7-6-15(24)8-18(16)25)27-19(29)9-28-11-26-21-20(22(28)30)17(10-31-21)13-2-4-14(23)5-3-13/h2-8,10-12H,9H2,1H3,(H,27,29). The van der Waals surface area contributed by atoms with Crippen LogP contribution < -0.4 is 10.9 Å². The van der Waals surface area contributed by atoms with Gasteiger partial charge in [-0.3, -0.25) is 14.2 Å². The summed E-state index contributed by atoms with van der Waals surface area (Å²) in [5.74, 6) is -1.94. The first-order valence-electron chi connectivity index (χ1n) is 9.30. The van der Waals surface area contributed by atoms with Crippen LogP contribution in [0, 0.1) is 11.6 Å². The summed E-state index contributed by atoms with van der Waals surface area (Å²) >= 11 is 7.28. The molecule has 31 heavy (non-hydrogen) atoms. The van der Waals surface area contributed by atoms with Gasteiger partial charge in [-0.2, -0.15) is 0 Å². The number of thiophene rings is 1. The summed E-state index contributed by atoms with van der Waals surface area (Å²) in [5, 5.41) is 5.47. The highest BCUT2D eigenvalue weighted by molar-refractivity contribution is 7.17. The van der Waals surface area contributed by atoms with Crippen molar-refractivity contribution in [3.63, 3.8) is 0 Å². The predicted molar refractivity (Wildman–Crippen MR) is 117 cm³/mol. The first-order valence-corrected chi connectivity index (χ1v) is 10.6. The van der Waals surface area contributed by atoms with Crippen LogP contribution in [-0.4, -0.2) is 15.5 Å². The van der Waals surface area contributed by atoms with Crippen molar-refractivity contribution in [3.05, 3.63) is 86.7 Å². The molecule has 9 heteroatoms. The van der Waals surface area contributed by atoms with Gasteiger partial charge in [0, 0.05) is 27.6 Å². The van der Waals surface area contributed by atoms with Crippen LogP contribution in [0.25, 0.3) is 21.3 Å². The van der Waals surface area contributed by atoms with E-state index in [1.54, 1.807) is 19.1 Å². The Morgan fingerprint density at radius 2 is 1.97 bits per heavy atom. The molecule has 0 aliphatic heterocycles. The predicted octanol–water partition coefficient (Wildman–Crippen LogP) is 4.93. The summed E-state index contributed by atoms with van der Waals surface area (Å²) in [7, 11) is 0. The lowest BCUT2D eigenvalue weighted by molar-refractivity contribution is -0.122. The van der Waals surface area contributed by atoms with Crippen molar-refractivity contribution in [2.75, 3.05) is 0 Å². The maximum atomic E-state index is 13.9. The molecule has 2 aromatic carbocycles. The zero-order valence-electron chi connectivity index (χ0n) is 16.2. The molecule has 0 bridgehead atoms. The summed E-state index contributed by atoms with van der Waals surface area (Å²) in [4.78, 5) is 30.4. The van der Waals surface area contributed by atoms with E-state index in [-0.39, 0.29) is 17.7 Å². The van der Waals surface area contributed by atoms with Crippen molar-refractivity contribution in [2.24, 2.45) is 0 Å². The third kappa shape index (κ3) is 4.35. The van der Waals surface area contributed by atoms with Crippen molar-refractivity contribution in [1.29, 1.82) is 0 Å². The van der Waals surface area contributed by atoms with Gasteiger partial charge < -0.3 is 5.32 Å². The minimum atomic E-state index is -0.751. The van der Waals surface area contributed by atoms with Gasteiger partial charge in [0.05, 0.1) is 17.8 Å². The van der Waals surface area contributed by atoms with Crippen molar-refractivity contribution < 1.29 is 13.6 Å². The van der Waals surface area contributed by atoms with Gasteiger partial charge in [0.15, 0.2) is 0 Å². The lowest BCUT2D eigenvalue weighted by Crippen LogP contribution is -2.34. The molecule has 1 amide bonds. The highest BCUT2D eigenvalue weighted by Crippen LogP contribution is 2.31. The van der Waals surface area contributed by atoms with Crippen LogP contribution in [0.5, 0.6) is 0 Å². The highest BCUT2D eigenvalue weighted by atomic mass is 35.5. The Bertz CT molecular complexity index is 1340. The number of nitrogens with one attached hydrogen (secondary N) is 1. The third-order valence-corrected chi connectivity index (χ3v) is 5.97. The van der Waals surface area contributed by atoms with E-state index in [2.05, 4.69) is 10.3 Å². The van der Waals surface area contributed by atoms with Gasteiger partial charge in [0.25, 0.3) is 5.56 Å². The SMILES string of the molecule is CC(NC(=O)Cn1cnc2scc(-c3ccc(Cl)cc3)c2c1=O)c1ccc(F)cc1F. The fourth-order valence-corrected chi connectivity index (χ4v) is 4.33. The number of nitrogens with zero attached hydrogens (tertiary/aromatic N) is 2. The van der Waals surface area contributed by atoms with Gasteiger partial charge >= 0.3 is 0 Å². The molecule has 1 atom stereocenters. The average Bonchev–Trinajstić information content (AvgIpc) is 3.15. The topological polar surface area (TPSA) is 64.0 Å². The molecule has 0 aliphatic carbocycles. The molecule has 158 valence electrons. The number of carbonyl (C=O) groups excluding carboxylic acids is 1.